The van der Waals surface area contributed by atoms with Crippen LogP contribution in [0.1, 0.15) is 37.2 Å². The van der Waals surface area contributed by atoms with Crippen LogP contribution in [0.3, 0.4) is 0 Å². The lowest BCUT2D eigenvalue weighted by Gasteiger charge is -2.27. The number of rotatable bonds is 3. The first-order valence-electron chi connectivity index (χ1n) is 9.00. The summed E-state index contributed by atoms with van der Waals surface area (Å²) in [7, 11) is -3.87. The van der Waals surface area contributed by atoms with E-state index in [0.717, 1.165) is 53.5 Å². The third kappa shape index (κ3) is 2.71. The lowest BCUT2D eigenvalue weighted by molar-refractivity contribution is 0.444. The molecule has 2 aromatic carbocycles. The standard InChI is InChI=1S/C20H18Cl2N2O2S/c21-12-6-4-11(5-7-12)14-2-1-3-15(20(14)27(23,25)26)18-19-16-10-13(22)8-9-17(16)24(18)19/h1-3,8-12H,4-7H2,(H2,23,25,26). The Bertz CT molecular complexity index is 1190. The van der Waals surface area contributed by atoms with Crippen LogP contribution in [0.2, 0.25) is 5.02 Å². The predicted octanol–water partition coefficient (Wildman–Crippen LogP) is 5.18. The van der Waals surface area contributed by atoms with E-state index in [4.69, 9.17) is 28.3 Å². The van der Waals surface area contributed by atoms with Gasteiger partial charge in [0.2, 0.25) is 10.0 Å². The molecule has 2 aromatic rings. The quantitative estimate of drug-likeness (QED) is 0.464. The zero-order chi connectivity index (χ0) is 18.9. The summed E-state index contributed by atoms with van der Waals surface area (Å²) >= 11 is 12.3. The maximum Gasteiger partial charge on any atom is 0.239 e. The van der Waals surface area contributed by atoms with Gasteiger partial charge in [0, 0.05) is 21.3 Å². The van der Waals surface area contributed by atoms with Gasteiger partial charge in [-0.3, -0.25) is 0 Å². The van der Waals surface area contributed by atoms with Gasteiger partial charge in [0.15, 0.2) is 0 Å². The molecule has 1 aliphatic carbocycles. The lowest BCUT2D eigenvalue weighted by Crippen LogP contribution is -2.20. The Balaban J connectivity index is 1.68. The smallest absolute Gasteiger partial charge is 0.239 e. The van der Waals surface area contributed by atoms with Crippen molar-refractivity contribution in [1.82, 2.24) is 4.57 Å². The fourth-order valence-corrected chi connectivity index (χ4v) is 5.94. The molecule has 0 radical (unpaired) electrons. The summed E-state index contributed by atoms with van der Waals surface area (Å²) in [6.07, 6.45) is 3.55. The Morgan fingerprint density at radius 3 is 2.52 bits per heavy atom. The minimum atomic E-state index is -3.87. The molecule has 2 aliphatic heterocycles. The molecule has 1 saturated carbocycles. The number of primary sulfonamides is 1. The summed E-state index contributed by atoms with van der Waals surface area (Å²) < 4.78 is 27.2. The van der Waals surface area contributed by atoms with E-state index in [1.807, 2.05) is 36.4 Å². The third-order valence-electron chi connectivity index (χ3n) is 5.76. The molecule has 0 spiro atoms. The third-order valence-corrected chi connectivity index (χ3v) is 7.45. The normalized spacial score (nSPS) is 21.6. The van der Waals surface area contributed by atoms with Gasteiger partial charge in [-0.25, -0.2) is 13.6 Å². The Morgan fingerprint density at radius 2 is 1.81 bits per heavy atom. The molecule has 0 unspecified atom stereocenters. The number of fused-ring (bicyclic) bond motifs is 4. The second-order valence-corrected chi connectivity index (χ2v) is 9.96. The highest BCUT2D eigenvalue weighted by Gasteiger charge is 2.38. The molecule has 4 nitrogen and oxygen atoms in total. The topological polar surface area (TPSA) is 65.1 Å². The zero-order valence-corrected chi connectivity index (χ0v) is 16.8. The van der Waals surface area contributed by atoms with Crippen LogP contribution < -0.4 is 5.14 Å². The second-order valence-electron chi connectivity index (χ2n) is 7.41. The van der Waals surface area contributed by atoms with E-state index >= 15 is 0 Å². The average Bonchev–Trinajstić information content (AvgIpc) is 3.29. The number of sulfonamides is 1. The summed E-state index contributed by atoms with van der Waals surface area (Å²) in [5.41, 5.74) is 4.52. The van der Waals surface area contributed by atoms with Crippen molar-refractivity contribution >= 4 is 44.1 Å². The van der Waals surface area contributed by atoms with Crippen LogP contribution in [-0.4, -0.2) is 18.4 Å². The molecule has 0 bridgehead atoms. The molecule has 27 heavy (non-hydrogen) atoms. The highest BCUT2D eigenvalue weighted by Crippen LogP contribution is 2.53. The maximum atomic E-state index is 12.6. The number of hydrogen-bond acceptors (Lipinski definition) is 2. The molecule has 0 saturated heterocycles. The number of hydrogen-bond donors (Lipinski definition) is 1. The van der Waals surface area contributed by atoms with Gasteiger partial charge in [-0.2, -0.15) is 0 Å². The highest BCUT2D eigenvalue weighted by molar-refractivity contribution is 7.89. The van der Waals surface area contributed by atoms with Crippen molar-refractivity contribution in [3.63, 3.8) is 0 Å². The first-order valence-corrected chi connectivity index (χ1v) is 11.4. The van der Waals surface area contributed by atoms with Crippen molar-refractivity contribution in [2.45, 2.75) is 41.9 Å². The minimum Gasteiger partial charge on any atom is -0.304 e. The fourth-order valence-electron chi connectivity index (χ4n) is 4.49. The number of aromatic nitrogens is 1. The molecule has 3 aliphatic rings. The van der Waals surface area contributed by atoms with Gasteiger partial charge in [0.25, 0.3) is 0 Å². The van der Waals surface area contributed by atoms with Crippen molar-refractivity contribution in [3.05, 3.63) is 47.0 Å². The van der Waals surface area contributed by atoms with Gasteiger partial charge in [0.1, 0.15) is 0 Å². The second kappa shape index (κ2) is 5.98. The molecular weight excluding hydrogens is 403 g/mol. The summed E-state index contributed by atoms with van der Waals surface area (Å²) in [4.78, 5) is 0.261. The zero-order valence-electron chi connectivity index (χ0n) is 14.5. The summed E-state index contributed by atoms with van der Waals surface area (Å²) in [5.74, 6) is 0.169. The number of nitrogens with zero attached hydrogens (tertiary/aromatic N) is 1. The Labute approximate surface area is 167 Å². The Hall–Kier alpha value is -1.53. The molecule has 140 valence electrons. The van der Waals surface area contributed by atoms with E-state index in [0.29, 0.717) is 10.6 Å². The van der Waals surface area contributed by atoms with Crippen LogP contribution in [0.25, 0.3) is 27.8 Å². The minimum absolute atomic E-state index is 0.169. The lowest BCUT2D eigenvalue weighted by atomic mass is 9.83. The predicted molar refractivity (Wildman–Crippen MR) is 110 cm³/mol. The fraction of sp³-hybridized carbons (Fsp3) is 0.300. The van der Waals surface area contributed by atoms with Gasteiger partial charge >= 0.3 is 0 Å². The number of halogens is 2. The van der Waals surface area contributed by atoms with Gasteiger partial charge in [-0.15, -0.1) is 11.6 Å². The maximum absolute atomic E-state index is 12.6. The van der Waals surface area contributed by atoms with Gasteiger partial charge in [-0.05, 0) is 55.4 Å². The highest BCUT2D eigenvalue weighted by atomic mass is 35.5. The summed E-state index contributed by atoms with van der Waals surface area (Å²) in [6, 6.07) is 11.4. The van der Waals surface area contributed by atoms with Crippen LogP contribution in [-0.2, 0) is 10.0 Å². The van der Waals surface area contributed by atoms with Crippen LogP contribution in [0.15, 0.2) is 41.3 Å². The summed E-state index contributed by atoms with van der Waals surface area (Å²) in [6.45, 7) is 0. The van der Waals surface area contributed by atoms with E-state index in [1.165, 1.54) is 0 Å². The SMILES string of the molecule is NS(=O)(=O)c1c(-c2c3c4cc(Cl)ccc4n2-3)cccc1C1CCC(Cl)CC1. The van der Waals surface area contributed by atoms with Crippen LogP contribution >= 0.6 is 23.2 Å². The Morgan fingerprint density at radius 1 is 1.07 bits per heavy atom. The van der Waals surface area contributed by atoms with Crippen molar-refractivity contribution in [2.24, 2.45) is 5.14 Å². The molecule has 2 N–H and O–H groups in total. The molecule has 1 fully saturated rings. The van der Waals surface area contributed by atoms with E-state index < -0.39 is 10.0 Å². The molecule has 0 atom stereocenters. The van der Waals surface area contributed by atoms with E-state index in [1.54, 1.807) is 0 Å². The van der Waals surface area contributed by atoms with Crippen molar-refractivity contribution in [2.75, 3.05) is 0 Å². The van der Waals surface area contributed by atoms with Crippen LogP contribution in [0.4, 0.5) is 0 Å². The molecule has 0 aromatic heterocycles. The Kier molecular flexibility index (Phi) is 3.89. The molecule has 7 heteroatoms. The molecule has 0 amide bonds. The van der Waals surface area contributed by atoms with Gasteiger partial charge < -0.3 is 4.57 Å². The van der Waals surface area contributed by atoms with Crippen molar-refractivity contribution < 1.29 is 8.42 Å². The summed E-state index contributed by atoms with van der Waals surface area (Å²) in [5, 5.41) is 7.59. The number of alkyl halides is 1. The van der Waals surface area contributed by atoms with Crippen molar-refractivity contribution in [3.8, 4) is 16.9 Å². The molecule has 2 heterocycles. The van der Waals surface area contributed by atoms with Gasteiger partial charge in [0.05, 0.1) is 21.8 Å². The van der Waals surface area contributed by atoms with Crippen molar-refractivity contribution in [1.29, 1.82) is 0 Å². The largest absolute Gasteiger partial charge is 0.304 e. The number of benzene rings is 2. The average molecular weight is 421 g/mol. The van der Waals surface area contributed by atoms with E-state index in [9.17, 15) is 8.42 Å². The van der Waals surface area contributed by atoms with E-state index in [2.05, 4.69) is 4.57 Å². The first-order chi connectivity index (χ1) is 12.9. The first kappa shape index (κ1) is 17.6. The van der Waals surface area contributed by atoms with Crippen LogP contribution in [0, 0.1) is 0 Å². The van der Waals surface area contributed by atoms with E-state index in [-0.39, 0.29) is 16.2 Å². The number of nitrogens with two attached hydrogens (primary N) is 1. The van der Waals surface area contributed by atoms with Crippen LogP contribution in [0.5, 0.6) is 0 Å². The molecule has 5 rings (SSSR count). The molecular formula is C20H18Cl2N2O2S. The van der Waals surface area contributed by atoms with Gasteiger partial charge in [-0.1, -0.05) is 29.8 Å². The monoisotopic (exact) mass is 420 g/mol.